The zero-order valence-electron chi connectivity index (χ0n) is 16.5. The minimum absolute atomic E-state index is 0.293. The van der Waals surface area contributed by atoms with Crippen LogP contribution in [-0.4, -0.2) is 21.7 Å². The summed E-state index contributed by atoms with van der Waals surface area (Å²) >= 11 is 0. The summed E-state index contributed by atoms with van der Waals surface area (Å²) in [6, 6.07) is 10.3. The maximum atomic E-state index is 14.1. The fraction of sp³-hybridized carbons (Fsp3) is 0.130. The molecule has 2 heterocycles. The van der Waals surface area contributed by atoms with Crippen molar-refractivity contribution in [2.45, 2.75) is 19.9 Å². The SMILES string of the molecule is C=Nc1c(C)ncnc1NC(C)c1cnc2ccc(F)cc2c1-c1cccc(F)c1. The molecule has 1 atom stereocenters. The van der Waals surface area contributed by atoms with E-state index < -0.39 is 0 Å². The molecule has 4 aromatic rings. The Bertz CT molecular complexity index is 1260. The van der Waals surface area contributed by atoms with Crippen molar-refractivity contribution in [1.82, 2.24) is 15.0 Å². The summed E-state index contributed by atoms with van der Waals surface area (Å²) in [6.07, 6.45) is 3.16. The van der Waals surface area contributed by atoms with Crippen LogP contribution in [0.2, 0.25) is 0 Å². The molecule has 1 N–H and O–H groups in total. The van der Waals surface area contributed by atoms with Crippen molar-refractivity contribution in [2.75, 3.05) is 5.32 Å². The number of rotatable bonds is 5. The van der Waals surface area contributed by atoms with E-state index in [0.717, 1.165) is 5.56 Å². The summed E-state index contributed by atoms with van der Waals surface area (Å²) in [6.45, 7) is 7.34. The van der Waals surface area contributed by atoms with E-state index in [1.54, 1.807) is 24.4 Å². The van der Waals surface area contributed by atoms with Crippen molar-refractivity contribution >= 4 is 29.1 Å². The van der Waals surface area contributed by atoms with Crippen LogP contribution in [0.5, 0.6) is 0 Å². The molecular weight excluding hydrogens is 384 g/mol. The van der Waals surface area contributed by atoms with Gasteiger partial charge in [-0.1, -0.05) is 12.1 Å². The molecule has 0 aliphatic heterocycles. The lowest BCUT2D eigenvalue weighted by atomic mass is 9.93. The van der Waals surface area contributed by atoms with E-state index in [9.17, 15) is 8.78 Å². The molecule has 0 fully saturated rings. The topological polar surface area (TPSA) is 63.1 Å². The molecule has 0 spiro atoms. The van der Waals surface area contributed by atoms with Crippen LogP contribution < -0.4 is 5.32 Å². The van der Waals surface area contributed by atoms with Crippen LogP contribution in [0.15, 0.2) is 60.0 Å². The Balaban J connectivity index is 1.89. The summed E-state index contributed by atoms with van der Waals surface area (Å²) in [5, 5.41) is 3.91. The number of nitrogens with zero attached hydrogens (tertiary/aromatic N) is 4. The molecule has 0 amide bonds. The smallest absolute Gasteiger partial charge is 0.156 e. The van der Waals surface area contributed by atoms with Gasteiger partial charge in [-0.25, -0.2) is 18.7 Å². The lowest BCUT2D eigenvalue weighted by Crippen LogP contribution is -2.11. The highest BCUT2D eigenvalue weighted by atomic mass is 19.1. The number of halogens is 2. The number of hydrogen-bond donors (Lipinski definition) is 1. The largest absolute Gasteiger partial charge is 0.362 e. The molecular formula is C23H19F2N5. The molecule has 30 heavy (non-hydrogen) atoms. The molecule has 0 aliphatic rings. The van der Waals surface area contributed by atoms with Crippen LogP contribution in [0.1, 0.15) is 24.2 Å². The lowest BCUT2D eigenvalue weighted by Gasteiger charge is -2.21. The van der Waals surface area contributed by atoms with E-state index in [1.165, 1.54) is 30.6 Å². The first-order valence-electron chi connectivity index (χ1n) is 9.37. The Kier molecular flexibility index (Phi) is 5.18. The normalized spacial score (nSPS) is 12.0. The Morgan fingerprint density at radius 1 is 1.03 bits per heavy atom. The predicted molar refractivity (Wildman–Crippen MR) is 115 cm³/mol. The number of anilines is 1. The van der Waals surface area contributed by atoms with Crippen LogP contribution in [-0.2, 0) is 0 Å². The van der Waals surface area contributed by atoms with E-state index in [4.69, 9.17) is 0 Å². The number of hydrogen-bond acceptors (Lipinski definition) is 5. The van der Waals surface area contributed by atoms with Crippen molar-refractivity contribution in [3.8, 4) is 11.1 Å². The van der Waals surface area contributed by atoms with Crippen molar-refractivity contribution < 1.29 is 8.78 Å². The Labute approximate surface area is 172 Å². The first-order chi connectivity index (χ1) is 14.5. The number of nitrogens with one attached hydrogen (secondary N) is 1. The predicted octanol–water partition coefficient (Wildman–Crippen LogP) is 5.78. The van der Waals surface area contributed by atoms with Gasteiger partial charge in [-0.15, -0.1) is 0 Å². The van der Waals surface area contributed by atoms with Gasteiger partial charge in [0.25, 0.3) is 0 Å². The summed E-state index contributed by atoms with van der Waals surface area (Å²) < 4.78 is 28.1. The van der Waals surface area contributed by atoms with Crippen molar-refractivity contribution in [2.24, 2.45) is 4.99 Å². The fourth-order valence-electron chi connectivity index (χ4n) is 3.52. The van der Waals surface area contributed by atoms with Crippen LogP contribution >= 0.6 is 0 Å². The van der Waals surface area contributed by atoms with E-state index in [1.807, 2.05) is 13.8 Å². The molecule has 0 saturated carbocycles. The van der Waals surface area contributed by atoms with Crippen LogP contribution in [0.3, 0.4) is 0 Å². The quantitative estimate of drug-likeness (QED) is 0.429. The summed E-state index contributed by atoms with van der Waals surface area (Å²) in [7, 11) is 0. The second-order valence-electron chi connectivity index (χ2n) is 6.94. The van der Waals surface area contributed by atoms with Crippen LogP contribution in [0, 0.1) is 18.6 Å². The molecule has 0 bridgehead atoms. The van der Waals surface area contributed by atoms with E-state index in [0.29, 0.717) is 39.2 Å². The number of aryl methyl sites for hydroxylation is 1. The maximum absolute atomic E-state index is 14.1. The maximum Gasteiger partial charge on any atom is 0.156 e. The van der Waals surface area contributed by atoms with Crippen molar-refractivity contribution in [1.29, 1.82) is 0 Å². The van der Waals surface area contributed by atoms with Gasteiger partial charge in [-0.05, 0) is 62.0 Å². The number of aliphatic imine (C=N–C) groups is 1. The lowest BCUT2D eigenvalue weighted by molar-refractivity contribution is 0.628. The highest BCUT2D eigenvalue weighted by Crippen LogP contribution is 2.37. The number of fused-ring (bicyclic) bond motifs is 1. The third-order valence-electron chi connectivity index (χ3n) is 4.96. The van der Waals surface area contributed by atoms with Gasteiger partial charge in [0.2, 0.25) is 0 Å². The Morgan fingerprint density at radius 2 is 1.83 bits per heavy atom. The molecule has 150 valence electrons. The molecule has 7 heteroatoms. The monoisotopic (exact) mass is 403 g/mol. The van der Waals surface area contributed by atoms with Crippen LogP contribution in [0.25, 0.3) is 22.0 Å². The summed E-state index contributed by atoms with van der Waals surface area (Å²) in [5.41, 5.74) is 3.98. The van der Waals surface area contributed by atoms with Crippen molar-refractivity contribution in [3.05, 3.63) is 77.9 Å². The van der Waals surface area contributed by atoms with Gasteiger partial charge >= 0.3 is 0 Å². The molecule has 0 radical (unpaired) electrons. The molecule has 2 aromatic heterocycles. The van der Waals surface area contributed by atoms with Gasteiger partial charge in [0.1, 0.15) is 23.6 Å². The third kappa shape index (κ3) is 3.61. The first-order valence-corrected chi connectivity index (χ1v) is 9.37. The van der Waals surface area contributed by atoms with E-state index >= 15 is 0 Å². The third-order valence-corrected chi connectivity index (χ3v) is 4.96. The molecule has 2 aromatic carbocycles. The molecule has 5 nitrogen and oxygen atoms in total. The van der Waals surface area contributed by atoms with Gasteiger partial charge in [0, 0.05) is 17.1 Å². The average Bonchev–Trinajstić information content (AvgIpc) is 2.73. The highest BCUT2D eigenvalue weighted by molar-refractivity contribution is 5.96. The first kappa shape index (κ1) is 19.6. The summed E-state index contributed by atoms with van der Waals surface area (Å²) in [5.74, 6) is -0.233. The molecule has 1 unspecified atom stereocenters. The van der Waals surface area contributed by atoms with Gasteiger partial charge in [0.15, 0.2) is 5.82 Å². The van der Waals surface area contributed by atoms with Crippen LogP contribution in [0.4, 0.5) is 20.3 Å². The standard InChI is InChI=1S/C23H19F2N5/c1-13(30-23-22(26-3)14(2)28-12-29-23)19-11-27-20-8-7-17(25)10-18(20)21(19)15-5-4-6-16(24)9-15/h4-13H,3H2,1-2H3,(H,28,29,30). The van der Waals surface area contributed by atoms with Gasteiger partial charge in [-0.3, -0.25) is 9.98 Å². The minimum Gasteiger partial charge on any atom is -0.362 e. The molecule has 4 rings (SSSR count). The number of benzene rings is 2. The Hall–Kier alpha value is -3.74. The summed E-state index contributed by atoms with van der Waals surface area (Å²) in [4.78, 5) is 16.9. The zero-order chi connectivity index (χ0) is 21.3. The molecule has 0 saturated heterocycles. The van der Waals surface area contributed by atoms with E-state index in [2.05, 4.69) is 32.0 Å². The fourth-order valence-corrected chi connectivity index (χ4v) is 3.52. The minimum atomic E-state index is -0.385. The molecule has 0 aliphatic carbocycles. The zero-order valence-corrected chi connectivity index (χ0v) is 16.5. The number of aromatic nitrogens is 3. The Morgan fingerprint density at radius 3 is 2.60 bits per heavy atom. The van der Waals surface area contributed by atoms with Gasteiger partial charge in [-0.2, -0.15) is 0 Å². The average molecular weight is 403 g/mol. The van der Waals surface area contributed by atoms with Gasteiger partial charge in [0.05, 0.1) is 17.3 Å². The second kappa shape index (κ2) is 7.94. The highest BCUT2D eigenvalue weighted by Gasteiger charge is 2.19. The second-order valence-corrected chi connectivity index (χ2v) is 6.94. The number of pyridine rings is 1. The van der Waals surface area contributed by atoms with Gasteiger partial charge < -0.3 is 5.32 Å². The van der Waals surface area contributed by atoms with Crippen molar-refractivity contribution in [3.63, 3.8) is 0 Å². The van der Waals surface area contributed by atoms with E-state index in [-0.39, 0.29) is 17.7 Å².